The Bertz CT molecular complexity index is 1490. The molecule has 3 fully saturated rings. The molecule has 0 amide bonds. The number of thiophene rings is 1. The van der Waals surface area contributed by atoms with E-state index in [1.54, 1.807) is 31.3 Å². The first-order valence-corrected chi connectivity index (χ1v) is 18.2. The van der Waals surface area contributed by atoms with Gasteiger partial charge in [-0.15, -0.1) is 11.3 Å². The Morgan fingerprint density at radius 3 is 2.57 bits per heavy atom. The van der Waals surface area contributed by atoms with E-state index in [9.17, 15) is 44.7 Å². The predicted octanol–water partition coefficient (Wildman–Crippen LogP) is -1.05. The van der Waals surface area contributed by atoms with Gasteiger partial charge in [-0.05, 0) is 26.4 Å². The topological polar surface area (TPSA) is 277 Å². The summed E-state index contributed by atoms with van der Waals surface area (Å²) in [5, 5.41) is 63.7. The second-order valence-corrected chi connectivity index (χ2v) is 16.6. The Morgan fingerprint density at radius 1 is 1.25 bits per heavy atom. The average Bonchev–Trinajstić information content (AvgIpc) is 3.48. The van der Waals surface area contributed by atoms with Gasteiger partial charge in [0, 0.05) is 5.56 Å². The number of nitrogens with zero attached hydrogens (tertiary/aromatic N) is 3. The molecule has 9 N–H and O–H groups in total. The van der Waals surface area contributed by atoms with Crippen molar-refractivity contribution in [3.8, 4) is 0 Å². The fraction of sp³-hybridized carbons (Fsp3) is 0.727. The summed E-state index contributed by atoms with van der Waals surface area (Å²) in [5.41, 5.74) is 5.42. The minimum absolute atomic E-state index is 0.259. The number of hydrogen-bond acceptors (Lipinski definition) is 18. The highest BCUT2D eigenvalue weighted by Crippen LogP contribution is 2.68. The number of aliphatic hydroxyl groups is 6. The highest BCUT2D eigenvalue weighted by atomic mass is 32.7. The fourth-order valence-corrected chi connectivity index (χ4v) is 10.5. The first-order valence-electron chi connectivity index (χ1n) is 13.1. The first-order chi connectivity index (χ1) is 20.3. The molecule has 1 saturated carbocycles. The maximum atomic E-state index is 13.0. The minimum Gasteiger partial charge on any atom is -0.394 e. The molecule has 13 atom stereocenters. The summed E-state index contributed by atoms with van der Waals surface area (Å²) in [6.45, 7) is -4.58. The van der Waals surface area contributed by atoms with Crippen molar-refractivity contribution in [2.45, 2.75) is 61.2 Å². The van der Waals surface area contributed by atoms with Crippen molar-refractivity contribution in [2.24, 2.45) is 11.8 Å². The molecule has 2 saturated heterocycles. The molecule has 44 heavy (non-hydrogen) atoms. The number of likely N-dealkylation sites (N-methyl/N-ethyl adjacent to an activating group) is 1. The Morgan fingerprint density at radius 2 is 1.93 bits per heavy atom. The van der Waals surface area contributed by atoms with Crippen LogP contribution in [0.3, 0.4) is 0 Å². The highest BCUT2D eigenvalue weighted by molar-refractivity contribution is 8.45. The van der Waals surface area contributed by atoms with E-state index in [4.69, 9.17) is 24.3 Å². The molecule has 5 rings (SSSR count). The van der Waals surface area contributed by atoms with E-state index in [0.717, 1.165) is 0 Å². The Kier molecular flexibility index (Phi) is 9.38. The lowest BCUT2D eigenvalue weighted by Gasteiger charge is -2.49. The van der Waals surface area contributed by atoms with Crippen molar-refractivity contribution in [3.05, 3.63) is 17.3 Å². The molecule has 0 spiro atoms. The predicted molar refractivity (Wildman–Crippen MR) is 154 cm³/mol. The molecule has 18 nitrogen and oxygen atoms in total. The van der Waals surface area contributed by atoms with Crippen LogP contribution in [0.2, 0.25) is 0 Å². The van der Waals surface area contributed by atoms with Crippen LogP contribution in [-0.4, -0.2) is 126 Å². The van der Waals surface area contributed by atoms with Crippen molar-refractivity contribution in [3.63, 3.8) is 0 Å². The van der Waals surface area contributed by atoms with E-state index in [-0.39, 0.29) is 5.82 Å². The second kappa shape index (κ2) is 12.0. The van der Waals surface area contributed by atoms with Crippen molar-refractivity contribution in [2.75, 3.05) is 33.0 Å². The molecule has 2 aromatic heterocycles. The molecule has 1 aliphatic carbocycles. The zero-order valence-electron chi connectivity index (χ0n) is 23.4. The van der Waals surface area contributed by atoms with Crippen molar-refractivity contribution in [1.29, 1.82) is 0 Å². The number of thiol groups is 1. The summed E-state index contributed by atoms with van der Waals surface area (Å²) in [5.74, 6) is -5.27. The van der Waals surface area contributed by atoms with E-state index >= 15 is 0 Å². The zero-order chi connectivity index (χ0) is 32.6. The molecular formula is C22H34N4O14P2S2. The third kappa shape index (κ3) is 5.88. The van der Waals surface area contributed by atoms with Gasteiger partial charge < -0.3 is 55.6 Å². The van der Waals surface area contributed by atoms with Gasteiger partial charge in [0.15, 0.2) is 12.1 Å². The molecule has 0 bridgehead atoms. The van der Waals surface area contributed by atoms with E-state index in [1.807, 2.05) is 0 Å². The van der Waals surface area contributed by atoms with E-state index in [0.29, 0.717) is 15.8 Å². The van der Waals surface area contributed by atoms with Crippen LogP contribution in [0.15, 0.2) is 11.7 Å². The number of nitrogen functional groups attached to an aromatic ring is 1. The maximum absolute atomic E-state index is 13.0. The monoisotopic (exact) mass is 704 g/mol. The maximum Gasteiger partial charge on any atom is 0.482 e. The second-order valence-electron chi connectivity index (χ2n) is 11.3. The molecule has 8 unspecified atom stereocenters. The largest absolute Gasteiger partial charge is 0.482 e. The number of phosphoric ester groups is 1. The number of aliphatic hydroxyl groups excluding tert-OH is 4. The molecule has 3 aliphatic rings. The average molecular weight is 705 g/mol. The normalized spacial score (nSPS) is 40.5. The van der Waals surface area contributed by atoms with Gasteiger partial charge in [-0.3, -0.25) is 9.05 Å². The van der Waals surface area contributed by atoms with Gasteiger partial charge in [0.1, 0.15) is 30.0 Å². The zero-order valence-corrected chi connectivity index (χ0v) is 26.9. The number of hydrogen-bond donors (Lipinski definition) is 9. The number of rotatable bonds is 11. The molecule has 22 heteroatoms. The molecule has 248 valence electrons. The Hall–Kier alpha value is -0.870. The van der Waals surface area contributed by atoms with Crippen LogP contribution >= 0.6 is 38.2 Å². The number of ether oxygens (including phenoxy) is 2. The SMILES string of the molecule is CN(C)[C@@H]1[C@@H](COP(=O)(S)OP(=O)(O)OC2OC3(O)C2C(O)C(O)C3[C@@H](O)CO)O[C@@H](c2csc3c(N)ncnc23)[C@]1(C)O. The van der Waals surface area contributed by atoms with Crippen molar-refractivity contribution >= 4 is 54.2 Å². The van der Waals surface area contributed by atoms with Crippen LogP contribution in [-0.2, 0) is 32.0 Å². The van der Waals surface area contributed by atoms with Crippen LogP contribution in [0.1, 0.15) is 18.6 Å². The molecule has 4 heterocycles. The minimum atomic E-state index is -5.35. The molecule has 2 aromatic rings. The van der Waals surface area contributed by atoms with Gasteiger partial charge >= 0.3 is 14.6 Å². The van der Waals surface area contributed by atoms with E-state index in [2.05, 4.69) is 26.5 Å². The fourth-order valence-electron chi connectivity index (χ4n) is 6.38. The van der Waals surface area contributed by atoms with Gasteiger partial charge in [0.2, 0.25) is 0 Å². The van der Waals surface area contributed by atoms with Crippen LogP contribution in [0.4, 0.5) is 5.82 Å². The lowest BCUT2D eigenvalue weighted by molar-refractivity contribution is -0.427. The van der Waals surface area contributed by atoms with Crippen LogP contribution in [0.5, 0.6) is 0 Å². The molecule has 2 aliphatic heterocycles. The summed E-state index contributed by atoms with van der Waals surface area (Å²) < 4.78 is 52.4. The van der Waals surface area contributed by atoms with Gasteiger partial charge in [-0.1, -0.05) is 12.2 Å². The molecule has 0 radical (unpaired) electrons. The molecule has 0 aromatic carbocycles. The molecular weight excluding hydrogens is 670 g/mol. The number of nitrogens with two attached hydrogens (primary N) is 1. The summed E-state index contributed by atoms with van der Waals surface area (Å²) in [6.07, 6.45) is -7.77. The van der Waals surface area contributed by atoms with Crippen LogP contribution in [0.25, 0.3) is 10.2 Å². The highest BCUT2D eigenvalue weighted by Gasteiger charge is 2.73. The number of phosphoric acid groups is 1. The number of aromatic nitrogens is 2. The van der Waals surface area contributed by atoms with Crippen LogP contribution < -0.4 is 5.73 Å². The number of anilines is 1. The lowest BCUT2D eigenvalue weighted by Crippen LogP contribution is -2.64. The van der Waals surface area contributed by atoms with Crippen molar-refractivity contribution < 1.29 is 67.5 Å². The third-order valence-corrected chi connectivity index (χ3v) is 12.7. The van der Waals surface area contributed by atoms with Gasteiger partial charge in [0.25, 0.3) is 0 Å². The van der Waals surface area contributed by atoms with E-state index in [1.165, 1.54) is 17.7 Å². The van der Waals surface area contributed by atoms with Crippen molar-refractivity contribution in [1.82, 2.24) is 14.9 Å². The van der Waals surface area contributed by atoms with E-state index < -0.39 is 93.9 Å². The summed E-state index contributed by atoms with van der Waals surface area (Å²) in [7, 11) is -2.00. The number of fused-ring (bicyclic) bond motifs is 2. The summed E-state index contributed by atoms with van der Waals surface area (Å²) in [4.78, 5) is 20.2. The van der Waals surface area contributed by atoms with Crippen LogP contribution in [0, 0.1) is 11.8 Å². The smallest absolute Gasteiger partial charge is 0.394 e. The Balaban J connectivity index is 1.26. The van der Waals surface area contributed by atoms with Gasteiger partial charge in [-0.25, -0.2) is 19.1 Å². The van der Waals surface area contributed by atoms with Gasteiger partial charge in [0.05, 0.1) is 59.6 Å². The third-order valence-electron chi connectivity index (χ3n) is 8.13. The Labute approximate surface area is 259 Å². The summed E-state index contributed by atoms with van der Waals surface area (Å²) in [6, 6.07) is -0.759. The quantitative estimate of drug-likeness (QED) is 0.0996. The first kappa shape index (κ1) is 34.5. The lowest BCUT2D eigenvalue weighted by atomic mass is 9.86. The standard InChI is InChI=1S/C22H34N4O14P2S2/c1-21(31)17(26(2)3)10(37-18(21)8-6-44-16-13(8)24-7-25-19(16)23)5-36-42(35,43)40-41(33,34)39-20-12-15(30)14(29)11(9(28)4-27)22(12,32)38-20/h6-7,9-12,14-15,17-18,20,27-32H,4-5H2,1-3H3,(H,33,34)(H,35,43)(H2,23,24,25)/t9-,10+,11?,12?,14?,15?,17+,18-,20?,21+,22?,42?/m0/s1. The van der Waals surface area contributed by atoms with Gasteiger partial charge in [-0.2, -0.15) is 4.31 Å². The summed E-state index contributed by atoms with van der Waals surface area (Å²) >= 11 is 5.03.